The second-order valence-corrected chi connectivity index (χ2v) is 4.12. The molecule has 1 aromatic heterocycles. The number of nitrogens with two attached hydrogens (primary N) is 1. The number of hydrogen-bond donors (Lipinski definition) is 2. The van der Waals surface area contributed by atoms with Gasteiger partial charge >= 0.3 is 6.18 Å². The van der Waals surface area contributed by atoms with Gasteiger partial charge < -0.3 is 11.1 Å². The molecule has 0 unspecified atom stereocenters. The van der Waals surface area contributed by atoms with Crippen molar-refractivity contribution < 1.29 is 22.4 Å². The van der Waals surface area contributed by atoms with Gasteiger partial charge in [0.1, 0.15) is 11.6 Å². The number of nitrogen functional groups attached to an aromatic ring is 1. The summed E-state index contributed by atoms with van der Waals surface area (Å²) in [4.78, 5) is 15.5. The molecule has 0 aliphatic heterocycles. The number of anilines is 2. The molecule has 1 amide bonds. The second-order valence-electron chi connectivity index (χ2n) is 4.12. The molecule has 21 heavy (non-hydrogen) atoms. The van der Waals surface area contributed by atoms with E-state index in [4.69, 9.17) is 5.73 Å². The Labute approximate surface area is 116 Å². The molecule has 1 aromatic carbocycles. The van der Waals surface area contributed by atoms with Crippen LogP contribution in [-0.2, 0) is 6.18 Å². The SMILES string of the molecule is Nc1ccc(NC(=O)c2ccc(F)c(C(F)(F)F)c2)cn1. The zero-order valence-electron chi connectivity index (χ0n) is 10.4. The molecule has 0 saturated carbocycles. The molecule has 2 rings (SSSR count). The van der Waals surface area contributed by atoms with Crippen molar-refractivity contribution in [2.75, 3.05) is 11.1 Å². The van der Waals surface area contributed by atoms with E-state index in [1.54, 1.807) is 0 Å². The first kappa shape index (κ1) is 14.8. The van der Waals surface area contributed by atoms with Crippen LogP contribution in [0.5, 0.6) is 0 Å². The quantitative estimate of drug-likeness (QED) is 0.837. The van der Waals surface area contributed by atoms with Gasteiger partial charge in [-0.2, -0.15) is 13.2 Å². The van der Waals surface area contributed by atoms with Gasteiger partial charge in [-0.25, -0.2) is 9.37 Å². The van der Waals surface area contributed by atoms with Crippen LogP contribution in [0.4, 0.5) is 29.1 Å². The lowest BCUT2D eigenvalue weighted by Crippen LogP contribution is -2.15. The first-order chi connectivity index (χ1) is 9.77. The molecule has 8 heteroatoms. The summed E-state index contributed by atoms with van der Waals surface area (Å²) in [6.07, 6.45) is -3.62. The number of alkyl halides is 3. The van der Waals surface area contributed by atoms with E-state index in [1.165, 1.54) is 18.3 Å². The fourth-order valence-electron chi connectivity index (χ4n) is 1.57. The minimum absolute atomic E-state index is 0.231. The molecular weight excluding hydrogens is 290 g/mol. The number of nitrogens with one attached hydrogen (secondary N) is 1. The third kappa shape index (κ3) is 3.47. The Hall–Kier alpha value is -2.64. The molecule has 1 heterocycles. The van der Waals surface area contributed by atoms with Gasteiger partial charge in [-0.3, -0.25) is 4.79 Å². The van der Waals surface area contributed by atoms with Crippen molar-refractivity contribution in [1.82, 2.24) is 4.98 Å². The summed E-state index contributed by atoms with van der Waals surface area (Å²) in [5.41, 5.74) is 3.81. The lowest BCUT2D eigenvalue weighted by molar-refractivity contribution is -0.140. The van der Waals surface area contributed by atoms with Crippen molar-refractivity contribution >= 4 is 17.4 Å². The van der Waals surface area contributed by atoms with Gasteiger partial charge in [0.25, 0.3) is 5.91 Å². The standard InChI is InChI=1S/C13H9F4N3O/c14-10-3-1-7(5-9(10)13(15,16)17)12(21)20-8-2-4-11(18)19-6-8/h1-6H,(H2,18,19)(H,20,21). The third-order valence-corrected chi connectivity index (χ3v) is 2.58. The molecule has 0 fully saturated rings. The first-order valence-electron chi connectivity index (χ1n) is 5.67. The maximum atomic E-state index is 13.1. The molecule has 0 aliphatic rings. The van der Waals surface area contributed by atoms with Crippen LogP contribution in [0, 0.1) is 5.82 Å². The van der Waals surface area contributed by atoms with E-state index in [1.807, 2.05) is 0 Å². The van der Waals surface area contributed by atoms with Crippen molar-refractivity contribution in [3.8, 4) is 0 Å². The summed E-state index contributed by atoms with van der Waals surface area (Å²) in [5, 5.41) is 2.34. The number of rotatable bonds is 2. The second kappa shape index (κ2) is 5.39. The Morgan fingerprint density at radius 3 is 2.48 bits per heavy atom. The predicted octanol–water partition coefficient (Wildman–Crippen LogP) is 3.07. The summed E-state index contributed by atoms with van der Waals surface area (Å²) < 4.78 is 50.8. The molecule has 0 bridgehead atoms. The number of carbonyl (C=O) groups excluding carboxylic acids is 1. The van der Waals surface area contributed by atoms with Crippen LogP contribution in [0.25, 0.3) is 0 Å². The molecule has 0 saturated heterocycles. The van der Waals surface area contributed by atoms with Gasteiger partial charge in [-0.1, -0.05) is 0 Å². The summed E-state index contributed by atoms with van der Waals surface area (Å²) in [6.45, 7) is 0. The van der Waals surface area contributed by atoms with Crippen LogP contribution in [0.1, 0.15) is 15.9 Å². The average molecular weight is 299 g/mol. The van der Waals surface area contributed by atoms with E-state index in [2.05, 4.69) is 10.3 Å². The Kier molecular flexibility index (Phi) is 3.79. The Morgan fingerprint density at radius 1 is 1.19 bits per heavy atom. The highest BCUT2D eigenvalue weighted by atomic mass is 19.4. The van der Waals surface area contributed by atoms with E-state index in [0.29, 0.717) is 12.1 Å². The summed E-state index contributed by atoms with van der Waals surface area (Å²) in [6, 6.07) is 4.87. The Morgan fingerprint density at radius 2 is 1.90 bits per heavy atom. The number of aromatic nitrogens is 1. The highest BCUT2D eigenvalue weighted by molar-refractivity contribution is 6.04. The number of carbonyl (C=O) groups is 1. The van der Waals surface area contributed by atoms with Crippen LogP contribution >= 0.6 is 0 Å². The molecule has 0 atom stereocenters. The predicted molar refractivity (Wildman–Crippen MR) is 68.0 cm³/mol. The van der Waals surface area contributed by atoms with Crippen LogP contribution in [0.15, 0.2) is 36.5 Å². The van der Waals surface area contributed by atoms with E-state index in [9.17, 15) is 22.4 Å². The maximum Gasteiger partial charge on any atom is 0.419 e. The van der Waals surface area contributed by atoms with E-state index in [0.717, 1.165) is 6.07 Å². The molecule has 0 aliphatic carbocycles. The van der Waals surface area contributed by atoms with Crippen molar-refractivity contribution in [2.24, 2.45) is 0 Å². The van der Waals surface area contributed by atoms with Crippen molar-refractivity contribution in [2.45, 2.75) is 6.18 Å². The molecule has 110 valence electrons. The van der Waals surface area contributed by atoms with Gasteiger partial charge in [-0.15, -0.1) is 0 Å². The summed E-state index contributed by atoms with van der Waals surface area (Å²) >= 11 is 0. The van der Waals surface area contributed by atoms with Gasteiger partial charge in [0.2, 0.25) is 0 Å². The van der Waals surface area contributed by atoms with Gasteiger partial charge in [0, 0.05) is 5.56 Å². The van der Waals surface area contributed by atoms with Gasteiger partial charge in [-0.05, 0) is 30.3 Å². The number of amides is 1. The molecule has 3 N–H and O–H groups in total. The summed E-state index contributed by atoms with van der Waals surface area (Å²) in [7, 11) is 0. The first-order valence-corrected chi connectivity index (χ1v) is 5.67. The zero-order valence-corrected chi connectivity index (χ0v) is 10.4. The largest absolute Gasteiger partial charge is 0.419 e. The van der Waals surface area contributed by atoms with Crippen molar-refractivity contribution in [3.05, 3.63) is 53.5 Å². The number of benzene rings is 1. The average Bonchev–Trinajstić information content (AvgIpc) is 2.40. The molecule has 0 radical (unpaired) electrons. The van der Waals surface area contributed by atoms with Crippen molar-refractivity contribution in [3.63, 3.8) is 0 Å². The number of halogens is 4. The molecular formula is C13H9F4N3O. The zero-order chi connectivity index (χ0) is 15.6. The highest BCUT2D eigenvalue weighted by Crippen LogP contribution is 2.32. The summed E-state index contributed by atoms with van der Waals surface area (Å²) in [5.74, 6) is -2.02. The Bertz CT molecular complexity index is 668. The number of pyridine rings is 1. The lowest BCUT2D eigenvalue weighted by Gasteiger charge is -2.10. The van der Waals surface area contributed by atoms with Crippen LogP contribution < -0.4 is 11.1 Å². The van der Waals surface area contributed by atoms with E-state index < -0.39 is 23.5 Å². The third-order valence-electron chi connectivity index (χ3n) is 2.58. The topological polar surface area (TPSA) is 68.0 Å². The van der Waals surface area contributed by atoms with Gasteiger partial charge in [0.05, 0.1) is 17.4 Å². The molecule has 0 spiro atoms. The fraction of sp³-hybridized carbons (Fsp3) is 0.0769. The fourth-order valence-corrected chi connectivity index (χ4v) is 1.57. The number of nitrogens with zero attached hydrogens (tertiary/aromatic N) is 1. The van der Waals surface area contributed by atoms with Crippen LogP contribution in [-0.4, -0.2) is 10.9 Å². The number of hydrogen-bond acceptors (Lipinski definition) is 3. The van der Waals surface area contributed by atoms with E-state index >= 15 is 0 Å². The minimum atomic E-state index is -4.87. The Balaban J connectivity index is 2.25. The smallest absolute Gasteiger partial charge is 0.384 e. The normalized spacial score (nSPS) is 11.2. The molecule has 4 nitrogen and oxygen atoms in total. The lowest BCUT2D eigenvalue weighted by atomic mass is 10.1. The monoisotopic (exact) mass is 299 g/mol. The minimum Gasteiger partial charge on any atom is -0.384 e. The highest BCUT2D eigenvalue weighted by Gasteiger charge is 2.34. The van der Waals surface area contributed by atoms with E-state index in [-0.39, 0.29) is 17.1 Å². The van der Waals surface area contributed by atoms with Crippen molar-refractivity contribution in [1.29, 1.82) is 0 Å². The van der Waals surface area contributed by atoms with Crippen LogP contribution in [0.2, 0.25) is 0 Å². The van der Waals surface area contributed by atoms with Crippen LogP contribution in [0.3, 0.4) is 0 Å². The maximum absolute atomic E-state index is 13.1. The molecule has 2 aromatic rings. The van der Waals surface area contributed by atoms with Gasteiger partial charge in [0.15, 0.2) is 0 Å².